The monoisotopic (exact) mass is 575 g/mol. The van der Waals surface area contributed by atoms with E-state index in [2.05, 4.69) is 22.4 Å². The Bertz CT molecular complexity index is 1470. The predicted octanol–water partition coefficient (Wildman–Crippen LogP) is 4.94. The predicted molar refractivity (Wildman–Crippen MR) is 160 cm³/mol. The Labute approximate surface area is 247 Å². The van der Waals surface area contributed by atoms with Gasteiger partial charge in [0.25, 0.3) is 5.91 Å². The van der Waals surface area contributed by atoms with Crippen molar-refractivity contribution in [3.8, 4) is 5.75 Å². The molecule has 1 amide bonds. The summed E-state index contributed by atoms with van der Waals surface area (Å²) in [5.41, 5.74) is 2.26. The van der Waals surface area contributed by atoms with Gasteiger partial charge in [-0.25, -0.2) is 9.78 Å². The minimum Gasteiger partial charge on any atom is -0.489 e. The van der Waals surface area contributed by atoms with Crippen molar-refractivity contribution in [1.29, 1.82) is 0 Å². The first-order chi connectivity index (χ1) is 20.1. The molecule has 1 N–H and O–H groups in total. The number of esters is 1. The molecule has 2 aromatic heterocycles. The fourth-order valence-electron chi connectivity index (χ4n) is 5.57. The van der Waals surface area contributed by atoms with Crippen LogP contribution in [0.1, 0.15) is 80.4 Å². The Balaban J connectivity index is 1.62. The molecular weight excluding hydrogens is 534 g/mol. The van der Waals surface area contributed by atoms with E-state index in [1.165, 1.54) is 0 Å². The molecule has 224 valence electrons. The molecule has 1 saturated heterocycles. The van der Waals surface area contributed by atoms with Crippen LogP contribution in [0.4, 0.5) is 5.82 Å². The van der Waals surface area contributed by atoms with Gasteiger partial charge in [0.15, 0.2) is 17.4 Å². The van der Waals surface area contributed by atoms with Crippen molar-refractivity contribution >= 4 is 23.3 Å². The molecule has 3 aliphatic rings. The summed E-state index contributed by atoms with van der Waals surface area (Å²) in [5, 5.41) is 7.72. The summed E-state index contributed by atoms with van der Waals surface area (Å²) in [5.74, 6) is 1.18. The molecular formula is C32H41N5O5. The highest BCUT2D eigenvalue weighted by molar-refractivity contribution is 5.93. The van der Waals surface area contributed by atoms with Crippen LogP contribution in [0.25, 0.3) is 5.65 Å². The summed E-state index contributed by atoms with van der Waals surface area (Å²) in [7, 11) is 0. The van der Waals surface area contributed by atoms with Crippen LogP contribution in [0, 0.1) is 12.8 Å². The molecule has 1 aromatic carbocycles. The van der Waals surface area contributed by atoms with E-state index in [0.717, 1.165) is 43.7 Å². The molecule has 3 aromatic rings. The van der Waals surface area contributed by atoms with E-state index in [0.29, 0.717) is 35.2 Å². The first-order valence-electron chi connectivity index (χ1n) is 14.8. The van der Waals surface area contributed by atoms with Gasteiger partial charge in [0.05, 0.1) is 17.8 Å². The Morgan fingerprint density at radius 3 is 2.69 bits per heavy atom. The smallest absolute Gasteiger partial charge is 0.340 e. The first kappa shape index (κ1) is 29.6. The lowest BCUT2D eigenvalue weighted by molar-refractivity contribution is -0.166. The third kappa shape index (κ3) is 6.59. The molecule has 10 nitrogen and oxygen atoms in total. The van der Waals surface area contributed by atoms with Crippen LogP contribution in [0.5, 0.6) is 5.75 Å². The number of nitrogens with zero attached hydrogens (tertiary/aromatic N) is 4. The number of amides is 1. The van der Waals surface area contributed by atoms with Crippen LogP contribution in [0.3, 0.4) is 0 Å². The van der Waals surface area contributed by atoms with Crippen LogP contribution >= 0.6 is 0 Å². The second kappa shape index (κ2) is 12.5. The highest BCUT2D eigenvalue weighted by Gasteiger charge is 2.36. The van der Waals surface area contributed by atoms with Gasteiger partial charge in [0.1, 0.15) is 18.2 Å². The summed E-state index contributed by atoms with van der Waals surface area (Å²) < 4.78 is 19.5. The van der Waals surface area contributed by atoms with Crippen LogP contribution in [0.15, 0.2) is 42.5 Å². The van der Waals surface area contributed by atoms with E-state index in [1.54, 1.807) is 17.5 Å². The van der Waals surface area contributed by atoms with Gasteiger partial charge in [0.2, 0.25) is 0 Å². The standard InChI is InChI=1S/C32H41N5O5/c1-6-40-31(39)28(42-32(3,4)5)27-21(2)34-26-19-24-29(38)33-20-23-12-7-8-13-25(23)41-18-10-9-11-22-14-16-36(17-15-22)30(27)37(26)35-24/h7-10,12-13,19,22,28H,6,11,14-18,20H2,1-5H3,(H,33,38)/b10-9+/t28-/m0/s1. The average molecular weight is 576 g/mol. The van der Waals surface area contributed by atoms with Crippen molar-refractivity contribution in [2.45, 2.75) is 72.1 Å². The average Bonchev–Trinajstić information content (AvgIpc) is 3.38. The zero-order valence-corrected chi connectivity index (χ0v) is 25.2. The van der Waals surface area contributed by atoms with Gasteiger partial charge in [-0.05, 0) is 65.9 Å². The highest BCUT2D eigenvalue weighted by Crippen LogP contribution is 2.37. The van der Waals surface area contributed by atoms with E-state index in [4.69, 9.17) is 24.3 Å². The summed E-state index contributed by atoms with van der Waals surface area (Å²) >= 11 is 0. The van der Waals surface area contributed by atoms with E-state index < -0.39 is 17.7 Å². The van der Waals surface area contributed by atoms with E-state index in [-0.39, 0.29) is 24.8 Å². The summed E-state index contributed by atoms with van der Waals surface area (Å²) in [6.45, 7) is 11.9. The number of allylic oxidation sites excluding steroid dienone is 1. The number of anilines is 1. The number of benzene rings is 1. The van der Waals surface area contributed by atoms with Crippen LogP contribution < -0.4 is 15.0 Å². The molecule has 4 bridgehead atoms. The molecule has 42 heavy (non-hydrogen) atoms. The first-order valence-corrected chi connectivity index (χ1v) is 14.8. The van der Waals surface area contributed by atoms with Crippen molar-refractivity contribution in [3.05, 3.63) is 65.0 Å². The van der Waals surface area contributed by atoms with Gasteiger partial charge < -0.3 is 24.4 Å². The number of rotatable bonds is 4. The molecule has 0 unspecified atom stereocenters. The molecule has 0 aliphatic carbocycles. The summed E-state index contributed by atoms with van der Waals surface area (Å²) in [4.78, 5) is 33.8. The molecule has 0 radical (unpaired) electrons. The molecule has 3 aliphatic heterocycles. The lowest BCUT2D eigenvalue weighted by atomic mass is 9.93. The van der Waals surface area contributed by atoms with Crippen molar-refractivity contribution in [1.82, 2.24) is 19.9 Å². The lowest BCUT2D eigenvalue weighted by Gasteiger charge is -2.36. The molecule has 1 fully saturated rings. The van der Waals surface area contributed by atoms with Gasteiger partial charge in [-0.15, -0.1) is 0 Å². The number of nitrogens with one attached hydrogen (secondary N) is 1. The number of carbonyl (C=O) groups excluding carboxylic acids is 2. The normalized spacial score (nSPS) is 18.1. The van der Waals surface area contributed by atoms with Crippen molar-refractivity contribution < 1.29 is 23.8 Å². The van der Waals surface area contributed by atoms with Crippen LogP contribution in [0.2, 0.25) is 0 Å². The molecule has 0 saturated carbocycles. The topological polar surface area (TPSA) is 107 Å². The third-order valence-corrected chi connectivity index (χ3v) is 7.57. The number of para-hydroxylation sites is 1. The fourth-order valence-corrected chi connectivity index (χ4v) is 5.57. The van der Waals surface area contributed by atoms with Gasteiger partial charge in [-0.2, -0.15) is 9.61 Å². The van der Waals surface area contributed by atoms with Gasteiger partial charge >= 0.3 is 5.97 Å². The Hall–Kier alpha value is -3.92. The highest BCUT2D eigenvalue weighted by atomic mass is 16.6. The largest absolute Gasteiger partial charge is 0.489 e. The second-order valence-electron chi connectivity index (χ2n) is 11.8. The maximum Gasteiger partial charge on any atom is 0.340 e. The Kier molecular flexibility index (Phi) is 8.82. The number of aromatic nitrogens is 3. The molecule has 6 rings (SSSR count). The quantitative estimate of drug-likeness (QED) is 0.344. The number of ether oxygens (including phenoxy) is 3. The van der Waals surface area contributed by atoms with E-state index in [9.17, 15) is 9.59 Å². The number of carbonyl (C=O) groups is 2. The molecule has 1 atom stereocenters. The zero-order valence-electron chi connectivity index (χ0n) is 25.2. The Morgan fingerprint density at radius 1 is 1.19 bits per heavy atom. The van der Waals surface area contributed by atoms with Crippen molar-refractivity contribution in [2.24, 2.45) is 5.92 Å². The maximum absolute atomic E-state index is 13.4. The van der Waals surface area contributed by atoms with Gasteiger partial charge in [-0.1, -0.05) is 30.4 Å². The summed E-state index contributed by atoms with van der Waals surface area (Å²) in [6.07, 6.45) is 6.16. The molecule has 10 heteroatoms. The van der Waals surface area contributed by atoms with Crippen LogP contribution in [-0.4, -0.2) is 58.4 Å². The minimum atomic E-state index is -1.01. The van der Waals surface area contributed by atoms with Gasteiger partial charge in [-0.3, -0.25) is 4.79 Å². The molecule has 5 heterocycles. The lowest BCUT2D eigenvalue weighted by Crippen LogP contribution is -2.38. The zero-order chi connectivity index (χ0) is 29.9. The Morgan fingerprint density at radius 2 is 1.95 bits per heavy atom. The number of hydrogen-bond acceptors (Lipinski definition) is 8. The number of fused-ring (bicyclic) bond motifs is 7. The third-order valence-electron chi connectivity index (χ3n) is 7.57. The van der Waals surface area contributed by atoms with E-state index in [1.807, 2.05) is 52.0 Å². The minimum absolute atomic E-state index is 0.228. The number of hydrogen-bond donors (Lipinski definition) is 1. The number of aryl methyl sites for hydroxylation is 1. The van der Waals surface area contributed by atoms with Crippen LogP contribution in [-0.2, 0) is 20.8 Å². The van der Waals surface area contributed by atoms with Crippen molar-refractivity contribution in [3.63, 3.8) is 0 Å². The summed E-state index contributed by atoms with van der Waals surface area (Å²) in [6, 6.07) is 9.38. The molecule has 0 spiro atoms. The second-order valence-corrected chi connectivity index (χ2v) is 11.8. The maximum atomic E-state index is 13.4. The van der Waals surface area contributed by atoms with E-state index >= 15 is 0 Å². The van der Waals surface area contributed by atoms with Crippen molar-refractivity contribution in [2.75, 3.05) is 31.2 Å². The fraction of sp³-hybridized carbons (Fsp3) is 0.500. The SMILES string of the molecule is CCOC(=O)[C@@H](OC(C)(C)C)c1c(C)nc2cc3nn2c1N1CCC(C/C=C/COc2ccccc2CNC3=O)CC1. The number of piperidine rings is 1. The van der Waals surface area contributed by atoms with Gasteiger partial charge in [0, 0.05) is 37.0 Å².